The second-order valence-electron chi connectivity index (χ2n) is 4.35. The van der Waals surface area contributed by atoms with E-state index in [4.69, 9.17) is 5.11 Å². The number of hydrogen-bond donors (Lipinski definition) is 2. The molecule has 0 bridgehead atoms. The van der Waals surface area contributed by atoms with Gasteiger partial charge < -0.3 is 10.4 Å². The van der Waals surface area contributed by atoms with Crippen LogP contribution in [0.5, 0.6) is 0 Å². The number of unbranched alkanes of at least 4 members (excludes halogenated alkanes) is 2. The van der Waals surface area contributed by atoms with Crippen molar-refractivity contribution in [3.8, 4) is 0 Å². The molecule has 0 radical (unpaired) electrons. The Hall–Kier alpha value is -1.21. The molecule has 0 spiro atoms. The van der Waals surface area contributed by atoms with Crippen LogP contribution >= 0.6 is 0 Å². The zero-order chi connectivity index (χ0) is 15.2. The number of aliphatic hydroxyl groups excluding tert-OH is 1. The largest absolute Gasteiger partial charge is 0.408 e. The van der Waals surface area contributed by atoms with Gasteiger partial charge in [-0.1, -0.05) is 6.07 Å². The Bertz CT molecular complexity index is 401. The summed E-state index contributed by atoms with van der Waals surface area (Å²) in [6.45, 7) is -0.0808. The van der Waals surface area contributed by atoms with E-state index < -0.39 is 29.4 Å². The quantitative estimate of drug-likeness (QED) is 0.598. The molecule has 1 rings (SSSR count). The summed E-state index contributed by atoms with van der Waals surface area (Å²) in [4.78, 5) is 0. The molecule has 0 saturated carbocycles. The molecule has 1 unspecified atom stereocenters. The third-order valence-corrected chi connectivity index (χ3v) is 2.80. The molecule has 114 valence electrons. The summed E-state index contributed by atoms with van der Waals surface area (Å²) >= 11 is 0. The van der Waals surface area contributed by atoms with Crippen molar-refractivity contribution in [1.82, 2.24) is 5.32 Å². The number of aliphatic hydroxyl groups is 1. The highest BCUT2D eigenvalue weighted by Crippen LogP contribution is 2.35. The molecule has 0 amide bonds. The lowest BCUT2D eigenvalue weighted by molar-refractivity contribution is -0.159. The van der Waals surface area contributed by atoms with Gasteiger partial charge in [-0.2, -0.15) is 13.2 Å². The van der Waals surface area contributed by atoms with Crippen LogP contribution in [0.25, 0.3) is 0 Å². The molecule has 0 fully saturated rings. The fraction of sp³-hybridized carbons (Fsp3) is 0.538. The molecular formula is C13H16F5NO. The molecule has 1 atom stereocenters. The maximum absolute atomic E-state index is 13.4. The van der Waals surface area contributed by atoms with Gasteiger partial charge in [0.2, 0.25) is 0 Å². The van der Waals surface area contributed by atoms with Gasteiger partial charge in [0.05, 0.1) is 0 Å². The first-order chi connectivity index (χ1) is 9.38. The predicted octanol–water partition coefficient (Wildman–Crippen LogP) is 3.32. The number of alkyl halides is 3. The van der Waals surface area contributed by atoms with Crippen LogP contribution in [-0.4, -0.2) is 24.4 Å². The van der Waals surface area contributed by atoms with Crippen LogP contribution < -0.4 is 5.32 Å². The minimum absolute atomic E-state index is 0.0371. The maximum Gasteiger partial charge on any atom is 0.408 e. The minimum Gasteiger partial charge on any atom is -0.396 e. The Labute approximate surface area is 113 Å². The number of benzene rings is 1. The zero-order valence-corrected chi connectivity index (χ0v) is 10.7. The van der Waals surface area contributed by atoms with Crippen molar-refractivity contribution in [2.75, 3.05) is 13.2 Å². The minimum atomic E-state index is -4.79. The van der Waals surface area contributed by atoms with Crippen molar-refractivity contribution >= 4 is 0 Å². The normalized spacial score (nSPS) is 13.5. The number of hydrogen-bond acceptors (Lipinski definition) is 2. The third kappa shape index (κ3) is 4.72. The highest BCUT2D eigenvalue weighted by Gasteiger charge is 2.43. The summed E-state index contributed by atoms with van der Waals surface area (Å²) in [6.07, 6.45) is -3.40. The highest BCUT2D eigenvalue weighted by molar-refractivity contribution is 5.24. The standard InChI is InChI=1S/C13H16F5NO/c14-9-5-4-6-10(15)11(9)12(13(16,17)18)19-7-2-1-3-8-20/h4-6,12,19-20H,1-3,7-8H2. The van der Waals surface area contributed by atoms with Gasteiger partial charge in [-0.05, 0) is 37.9 Å². The summed E-state index contributed by atoms with van der Waals surface area (Å²) < 4.78 is 65.6. The first-order valence-corrected chi connectivity index (χ1v) is 6.22. The molecule has 20 heavy (non-hydrogen) atoms. The molecule has 1 aromatic carbocycles. The van der Waals surface area contributed by atoms with Crippen molar-refractivity contribution in [3.05, 3.63) is 35.4 Å². The molecular weight excluding hydrogens is 281 g/mol. The first kappa shape index (κ1) is 16.8. The molecule has 0 aliphatic rings. The first-order valence-electron chi connectivity index (χ1n) is 6.22. The van der Waals surface area contributed by atoms with Gasteiger partial charge in [-0.25, -0.2) is 8.78 Å². The van der Waals surface area contributed by atoms with E-state index in [2.05, 4.69) is 5.32 Å². The molecule has 0 aromatic heterocycles. The van der Waals surface area contributed by atoms with Crippen LogP contribution in [0.2, 0.25) is 0 Å². The van der Waals surface area contributed by atoms with E-state index in [0.29, 0.717) is 19.3 Å². The summed E-state index contributed by atoms with van der Waals surface area (Å²) in [5, 5.41) is 10.7. The second-order valence-corrected chi connectivity index (χ2v) is 4.35. The van der Waals surface area contributed by atoms with E-state index in [-0.39, 0.29) is 13.2 Å². The van der Waals surface area contributed by atoms with Gasteiger partial charge in [0, 0.05) is 12.2 Å². The third-order valence-electron chi connectivity index (χ3n) is 2.80. The number of rotatable bonds is 7. The van der Waals surface area contributed by atoms with Crippen molar-refractivity contribution < 1.29 is 27.1 Å². The maximum atomic E-state index is 13.4. The molecule has 0 aliphatic carbocycles. The lowest BCUT2D eigenvalue weighted by Crippen LogP contribution is -2.36. The van der Waals surface area contributed by atoms with Crippen molar-refractivity contribution in [3.63, 3.8) is 0 Å². The Kier molecular flexibility index (Phi) is 6.35. The van der Waals surface area contributed by atoms with E-state index in [1.165, 1.54) is 0 Å². The van der Waals surface area contributed by atoms with Gasteiger partial charge in [-0.3, -0.25) is 0 Å². The average molecular weight is 297 g/mol. The predicted molar refractivity (Wildman–Crippen MR) is 64.1 cm³/mol. The van der Waals surface area contributed by atoms with Gasteiger partial charge in [0.25, 0.3) is 0 Å². The molecule has 2 nitrogen and oxygen atoms in total. The Morgan fingerprint density at radius 2 is 1.65 bits per heavy atom. The molecule has 1 aromatic rings. The summed E-state index contributed by atoms with van der Waals surface area (Å²) in [6, 6.07) is 0.232. The van der Waals surface area contributed by atoms with Crippen LogP contribution in [0.15, 0.2) is 18.2 Å². The number of nitrogens with one attached hydrogen (secondary N) is 1. The van der Waals surface area contributed by atoms with Gasteiger partial charge in [0.15, 0.2) is 0 Å². The monoisotopic (exact) mass is 297 g/mol. The van der Waals surface area contributed by atoms with E-state index in [1.54, 1.807) is 0 Å². The molecule has 0 aliphatic heterocycles. The Morgan fingerprint density at radius 1 is 1.05 bits per heavy atom. The van der Waals surface area contributed by atoms with Crippen LogP contribution in [0, 0.1) is 11.6 Å². The second kappa shape index (κ2) is 7.54. The summed E-state index contributed by atoms with van der Waals surface area (Å²) in [7, 11) is 0. The number of halogens is 5. The molecule has 7 heteroatoms. The highest BCUT2D eigenvalue weighted by atomic mass is 19.4. The lowest BCUT2D eigenvalue weighted by atomic mass is 10.0. The topological polar surface area (TPSA) is 32.3 Å². The average Bonchev–Trinajstić information content (AvgIpc) is 2.34. The molecule has 0 saturated heterocycles. The van der Waals surface area contributed by atoms with E-state index in [9.17, 15) is 22.0 Å². The Morgan fingerprint density at radius 3 is 2.15 bits per heavy atom. The summed E-state index contributed by atoms with van der Waals surface area (Å²) in [5.74, 6) is -2.45. The van der Waals surface area contributed by atoms with Gasteiger partial charge >= 0.3 is 6.18 Å². The van der Waals surface area contributed by atoms with Crippen molar-refractivity contribution in [1.29, 1.82) is 0 Å². The van der Waals surface area contributed by atoms with Crippen LogP contribution in [0.1, 0.15) is 30.9 Å². The van der Waals surface area contributed by atoms with E-state index >= 15 is 0 Å². The Balaban J connectivity index is 2.80. The fourth-order valence-corrected chi connectivity index (χ4v) is 1.83. The van der Waals surface area contributed by atoms with E-state index in [0.717, 1.165) is 18.2 Å². The van der Waals surface area contributed by atoms with Gasteiger partial charge in [-0.15, -0.1) is 0 Å². The van der Waals surface area contributed by atoms with Gasteiger partial charge in [0.1, 0.15) is 17.7 Å². The van der Waals surface area contributed by atoms with Crippen molar-refractivity contribution in [2.24, 2.45) is 0 Å². The zero-order valence-electron chi connectivity index (χ0n) is 10.7. The van der Waals surface area contributed by atoms with Crippen LogP contribution in [-0.2, 0) is 0 Å². The SMILES string of the molecule is OCCCCCNC(c1c(F)cccc1F)C(F)(F)F. The fourth-order valence-electron chi connectivity index (χ4n) is 1.83. The molecule has 2 N–H and O–H groups in total. The summed E-state index contributed by atoms with van der Waals surface area (Å²) in [5.41, 5.74) is -1.01. The van der Waals surface area contributed by atoms with Crippen LogP contribution in [0.4, 0.5) is 22.0 Å². The van der Waals surface area contributed by atoms with Crippen LogP contribution in [0.3, 0.4) is 0 Å². The smallest absolute Gasteiger partial charge is 0.396 e. The lowest BCUT2D eigenvalue weighted by Gasteiger charge is -2.23. The molecule has 0 heterocycles. The van der Waals surface area contributed by atoms with E-state index in [1.807, 2.05) is 0 Å². The van der Waals surface area contributed by atoms with Crippen molar-refractivity contribution in [2.45, 2.75) is 31.5 Å².